The molecule has 1 aromatic heterocycles. The second-order valence-electron chi connectivity index (χ2n) is 7.00. The Morgan fingerprint density at radius 2 is 1.74 bits per heavy atom. The molecule has 0 amide bonds. The largest absolute Gasteiger partial charge is 1.00 e. The number of benzene rings is 2. The summed E-state index contributed by atoms with van der Waals surface area (Å²) in [5.41, 5.74) is 0.302. The van der Waals surface area contributed by atoms with E-state index in [1.807, 2.05) is 0 Å². The Hall–Kier alpha value is -0.520. The predicted molar refractivity (Wildman–Crippen MR) is 124 cm³/mol. The van der Waals surface area contributed by atoms with Crippen LogP contribution in [0.1, 0.15) is 43.5 Å². The molecule has 2 atom stereocenters. The summed E-state index contributed by atoms with van der Waals surface area (Å²) in [5, 5.41) is 29.2. The molecule has 3 N–H and O–H groups in total. The smallest absolute Gasteiger partial charge is 1.00 e. The summed E-state index contributed by atoms with van der Waals surface area (Å²) in [4.78, 5) is 34.8. The fourth-order valence-electron chi connectivity index (χ4n) is 3.13. The third kappa shape index (κ3) is 8.27. The standard InChI is InChI=1S/C22H18Cl2O7S.2Na.2H/c23-14-7-4-11(8-15(14)24)21(16(25)2-1-3-20(27)28)32-12-5-6-13-17(26)10-19(22(29)30)31-18(13)9-12;;;;/h4-10,16,21,25H,1-3H2,(H,27,28)(H,29,30);;;;/q;2*+1;2*-1. The van der Waals surface area contributed by atoms with Crippen LogP contribution in [0.4, 0.5) is 0 Å². The van der Waals surface area contributed by atoms with Crippen LogP contribution in [0.25, 0.3) is 11.0 Å². The Balaban J connectivity index is 0. The third-order valence-corrected chi connectivity index (χ3v) is 6.79. The normalized spacial score (nSPS) is 12.3. The molecule has 0 saturated heterocycles. The molecule has 0 aliphatic rings. The molecule has 12 heteroatoms. The number of carboxylic acid groups (broad SMARTS) is 2. The number of thioether (sulfide) groups is 1. The molecule has 34 heavy (non-hydrogen) atoms. The second kappa shape index (κ2) is 14.3. The van der Waals surface area contributed by atoms with Gasteiger partial charge in [-0.1, -0.05) is 29.3 Å². The number of aliphatic carboxylic acids is 1. The van der Waals surface area contributed by atoms with Crippen LogP contribution in [0.5, 0.6) is 0 Å². The molecular formula is C22H20Cl2Na2O7S. The van der Waals surface area contributed by atoms with Crippen molar-refractivity contribution < 1.29 is 91.3 Å². The van der Waals surface area contributed by atoms with Gasteiger partial charge in [0.2, 0.25) is 5.76 Å². The van der Waals surface area contributed by atoms with Crippen LogP contribution < -0.4 is 64.5 Å². The molecule has 1 heterocycles. The van der Waals surface area contributed by atoms with E-state index in [2.05, 4.69) is 0 Å². The van der Waals surface area contributed by atoms with E-state index in [1.54, 1.807) is 24.3 Å². The zero-order valence-electron chi connectivity index (χ0n) is 20.5. The topological polar surface area (TPSA) is 125 Å². The minimum absolute atomic E-state index is 0. The van der Waals surface area contributed by atoms with Gasteiger partial charge < -0.3 is 22.6 Å². The van der Waals surface area contributed by atoms with Crippen molar-refractivity contribution >= 4 is 57.9 Å². The number of fused-ring (bicyclic) bond motifs is 1. The van der Waals surface area contributed by atoms with Gasteiger partial charge in [-0.15, -0.1) is 11.8 Å². The molecule has 0 fully saturated rings. The minimum Gasteiger partial charge on any atom is -1.00 e. The van der Waals surface area contributed by atoms with Crippen molar-refractivity contribution in [1.29, 1.82) is 0 Å². The number of hydrogen-bond donors (Lipinski definition) is 3. The first kappa shape index (κ1) is 31.5. The van der Waals surface area contributed by atoms with E-state index in [1.165, 1.54) is 23.9 Å². The Labute approximate surface area is 256 Å². The Kier molecular flexibility index (Phi) is 13.2. The second-order valence-corrected chi connectivity index (χ2v) is 9.03. The first-order valence-corrected chi connectivity index (χ1v) is 11.1. The number of rotatable bonds is 9. The third-order valence-electron chi connectivity index (χ3n) is 4.69. The molecule has 2 unspecified atom stereocenters. The average molecular weight is 545 g/mol. The van der Waals surface area contributed by atoms with Gasteiger partial charge in [-0.3, -0.25) is 9.59 Å². The number of halogens is 2. The van der Waals surface area contributed by atoms with Crippen LogP contribution in [0, 0.1) is 0 Å². The van der Waals surface area contributed by atoms with E-state index in [-0.39, 0.29) is 92.2 Å². The molecular weight excluding hydrogens is 525 g/mol. The van der Waals surface area contributed by atoms with Crippen molar-refractivity contribution in [2.24, 2.45) is 0 Å². The van der Waals surface area contributed by atoms with Crippen LogP contribution in [-0.4, -0.2) is 33.4 Å². The number of aliphatic hydroxyl groups excluding tert-OH is 1. The molecule has 2 aromatic carbocycles. The summed E-state index contributed by atoms with van der Waals surface area (Å²) < 4.78 is 5.34. The number of aliphatic hydroxyl groups is 1. The molecule has 0 aliphatic heterocycles. The number of carbonyl (C=O) groups is 2. The van der Waals surface area contributed by atoms with Crippen molar-refractivity contribution in [2.45, 2.75) is 35.5 Å². The van der Waals surface area contributed by atoms with Crippen LogP contribution in [-0.2, 0) is 4.79 Å². The quantitative estimate of drug-likeness (QED) is 0.243. The van der Waals surface area contributed by atoms with Gasteiger partial charge in [-0.05, 0) is 48.7 Å². The number of hydrogen-bond acceptors (Lipinski definition) is 6. The van der Waals surface area contributed by atoms with E-state index in [0.29, 0.717) is 20.5 Å². The molecule has 0 radical (unpaired) electrons. The van der Waals surface area contributed by atoms with Gasteiger partial charge in [0.1, 0.15) is 5.58 Å². The van der Waals surface area contributed by atoms with E-state index in [0.717, 1.165) is 6.07 Å². The Bertz CT molecular complexity index is 1250. The van der Waals surface area contributed by atoms with Crippen LogP contribution in [0.2, 0.25) is 10.0 Å². The maximum absolute atomic E-state index is 12.2. The van der Waals surface area contributed by atoms with Gasteiger partial charge in [0.25, 0.3) is 0 Å². The summed E-state index contributed by atoms with van der Waals surface area (Å²) in [6.45, 7) is 0. The maximum Gasteiger partial charge on any atom is 1.00 e. The van der Waals surface area contributed by atoms with Crippen molar-refractivity contribution in [3.8, 4) is 0 Å². The van der Waals surface area contributed by atoms with Gasteiger partial charge in [-0.2, -0.15) is 0 Å². The fourth-order valence-corrected chi connectivity index (χ4v) is 4.63. The maximum atomic E-state index is 12.2. The van der Waals surface area contributed by atoms with Crippen molar-refractivity contribution in [3.05, 3.63) is 74.1 Å². The van der Waals surface area contributed by atoms with Gasteiger partial charge in [0.15, 0.2) is 5.43 Å². The molecule has 0 saturated carbocycles. The minimum atomic E-state index is -1.36. The molecule has 0 spiro atoms. The zero-order chi connectivity index (χ0) is 23.4. The van der Waals surface area contributed by atoms with E-state index in [9.17, 15) is 19.5 Å². The van der Waals surface area contributed by atoms with Gasteiger partial charge in [-0.25, -0.2) is 4.79 Å². The first-order valence-electron chi connectivity index (χ1n) is 9.48. The molecule has 0 bridgehead atoms. The first-order chi connectivity index (χ1) is 15.2. The fraction of sp³-hybridized carbons (Fsp3) is 0.227. The van der Waals surface area contributed by atoms with Crippen molar-refractivity contribution in [1.82, 2.24) is 0 Å². The molecule has 3 aromatic rings. The summed E-state index contributed by atoms with van der Waals surface area (Å²) in [5.74, 6) is -2.78. The molecule has 0 aliphatic carbocycles. The Morgan fingerprint density at radius 3 is 2.35 bits per heavy atom. The summed E-state index contributed by atoms with van der Waals surface area (Å²) >= 11 is 13.4. The van der Waals surface area contributed by atoms with Crippen molar-refractivity contribution in [2.75, 3.05) is 0 Å². The van der Waals surface area contributed by atoms with Gasteiger partial charge in [0, 0.05) is 17.4 Å². The zero-order valence-corrected chi connectivity index (χ0v) is 24.8. The van der Waals surface area contributed by atoms with E-state index >= 15 is 0 Å². The molecule has 3 rings (SSSR count). The van der Waals surface area contributed by atoms with Crippen LogP contribution in [0.15, 0.2) is 56.6 Å². The van der Waals surface area contributed by atoms with E-state index in [4.69, 9.17) is 37.8 Å². The average Bonchev–Trinajstić information content (AvgIpc) is 2.73. The predicted octanol–water partition coefficient (Wildman–Crippen LogP) is -0.520. The summed E-state index contributed by atoms with van der Waals surface area (Å²) in [6.07, 6.45) is -0.473. The van der Waals surface area contributed by atoms with Crippen LogP contribution in [0.3, 0.4) is 0 Å². The van der Waals surface area contributed by atoms with Gasteiger partial charge >= 0.3 is 71.1 Å². The monoisotopic (exact) mass is 544 g/mol. The SMILES string of the molecule is O=C(O)CCCC(O)C(Sc1ccc2c(=O)cc(C(=O)O)oc2c1)c1ccc(Cl)c(Cl)c1.[H-].[H-].[Na+].[Na+]. The molecule has 172 valence electrons. The summed E-state index contributed by atoms with van der Waals surface area (Å²) in [7, 11) is 0. The number of aromatic carboxylic acids is 1. The van der Waals surface area contributed by atoms with E-state index < -0.39 is 34.5 Å². The number of carboxylic acids is 2. The van der Waals surface area contributed by atoms with Crippen molar-refractivity contribution in [3.63, 3.8) is 0 Å². The summed E-state index contributed by atoms with van der Waals surface area (Å²) in [6, 6.07) is 10.6. The molecule has 7 nitrogen and oxygen atoms in total. The van der Waals surface area contributed by atoms with Crippen LogP contribution >= 0.6 is 35.0 Å². The van der Waals surface area contributed by atoms with Gasteiger partial charge in [0.05, 0.1) is 26.8 Å². The Morgan fingerprint density at radius 1 is 1.03 bits per heavy atom.